The van der Waals surface area contributed by atoms with Crippen LogP contribution in [-0.4, -0.2) is 25.3 Å². The van der Waals surface area contributed by atoms with E-state index in [2.05, 4.69) is 0 Å². The number of hydrogen-bond acceptors (Lipinski definition) is 2. The van der Waals surface area contributed by atoms with E-state index in [-0.39, 0.29) is 6.04 Å². The van der Waals surface area contributed by atoms with Crippen LogP contribution in [0.25, 0.3) is 0 Å². The van der Waals surface area contributed by atoms with Crippen LogP contribution in [0.1, 0.15) is 37.7 Å². The SMILES string of the molecule is NS(=O)(=O)N(CCc1ccccc1)C1CCCCC1. The van der Waals surface area contributed by atoms with Gasteiger partial charge in [-0.05, 0) is 24.8 Å². The van der Waals surface area contributed by atoms with Gasteiger partial charge in [-0.2, -0.15) is 12.7 Å². The van der Waals surface area contributed by atoms with Gasteiger partial charge in [0, 0.05) is 12.6 Å². The van der Waals surface area contributed by atoms with Gasteiger partial charge >= 0.3 is 0 Å². The van der Waals surface area contributed by atoms with Crippen molar-refractivity contribution in [1.82, 2.24) is 4.31 Å². The minimum Gasteiger partial charge on any atom is -0.216 e. The molecule has 4 nitrogen and oxygen atoms in total. The van der Waals surface area contributed by atoms with Crippen LogP contribution in [0.2, 0.25) is 0 Å². The van der Waals surface area contributed by atoms with Crippen molar-refractivity contribution in [2.45, 2.75) is 44.6 Å². The molecule has 1 aromatic rings. The summed E-state index contributed by atoms with van der Waals surface area (Å²) in [6.45, 7) is 0.480. The highest BCUT2D eigenvalue weighted by molar-refractivity contribution is 7.86. The van der Waals surface area contributed by atoms with Crippen LogP contribution < -0.4 is 5.14 Å². The number of hydrogen-bond donors (Lipinski definition) is 1. The van der Waals surface area contributed by atoms with Gasteiger partial charge in [-0.15, -0.1) is 0 Å². The van der Waals surface area contributed by atoms with E-state index in [1.165, 1.54) is 10.7 Å². The summed E-state index contributed by atoms with van der Waals surface area (Å²) in [5, 5.41) is 5.37. The minimum atomic E-state index is -3.60. The van der Waals surface area contributed by atoms with Crippen LogP contribution in [-0.2, 0) is 16.6 Å². The van der Waals surface area contributed by atoms with Gasteiger partial charge in [0.25, 0.3) is 10.2 Å². The molecule has 0 amide bonds. The molecule has 1 fully saturated rings. The van der Waals surface area contributed by atoms with Gasteiger partial charge in [-0.1, -0.05) is 49.6 Å². The van der Waals surface area contributed by atoms with E-state index in [1.54, 1.807) is 0 Å². The molecule has 0 spiro atoms. The van der Waals surface area contributed by atoms with E-state index in [9.17, 15) is 8.42 Å². The lowest BCUT2D eigenvalue weighted by Crippen LogP contribution is -2.46. The van der Waals surface area contributed by atoms with Crippen molar-refractivity contribution < 1.29 is 8.42 Å². The summed E-state index contributed by atoms with van der Waals surface area (Å²) < 4.78 is 25.0. The Kier molecular flexibility index (Phi) is 4.96. The van der Waals surface area contributed by atoms with Crippen LogP contribution in [0.3, 0.4) is 0 Å². The van der Waals surface area contributed by atoms with Crippen LogP contribution >= 0.6 is 0 Å². The summed E-state index contributed by atoms with van der Waals surface area (Å²) in [6.07, 6.45) is 5.99. The number of rotatable bonds is 5. The van der Waals surface area contributed by atoms with Gasteiger partial charge < -0.3 is 0 Å². The normalized spacial score (nSPS) is 17.8. The first-order valence-electron chi connectivity index (χ1n) is 6.91. The third-order valence-corrected chi connectivity index (χ3v) is 4.91. The highest BCUT2D eigenvalue weighted by Crippen LogP contribution is 2.24. The standard InChI is InChI=1S/C14H22N2O2S/c15-19(17,18)16(14-9-5-2-6-10-14)12-11-13-7-3-1-4-8-13/h1,3-4,7-8,14H,2,5-6,9-12H2,(H2,15,17,18). The second-order valence-electron chi connectivity index (χ2n) is 5.18. The maximum atomic E-state index is 11.8. The average Bonchev–Trinajstić information content (AvgIpc) is 2.40. The number of benzene rings is 1. The number of nitrogens with zero attached hydrogens (tertiary/aromatic N) is 1. The zero-order chi connectivity index (χ0) is 13.7. The van der Waals surface area contributed by atoms with Crippen molar-refractivity contribution in [3.63, 3.8) is 0 Å². The molecule has 0 heterocycles. The Morgan fingerprint density at radius 1 is 1.11 bits per heavy atom. The summed E-state index contributed by atoms with van der Waals surface area (Å²) in [5.74, 6) is 0. The summed E-state index contributed by atoms with van der Waals surface area (Å²) in [4.78, 5) is 0. The van der Waals surface area contributed by atoms with E-state index >= 15 is 0 Å². The van der Waals surface area contributed by atoms with Gasteiger partial charge in [-0.3, -0.25) is 0 Å². The van der Waals surface area contributed by atoms with Crippen molar-refractivity contribution >= 4 is 10.2 Å². The molecule has 5 heteroatoms. The fraction of sp³-hybridized carbons (Fsp3) is 0.571. The van der Waals surface area contributed by atoms with Crippen molar-refractivity contribution in [3.8, 4) is 0 Å². The molecule has 106 valence electrons. The van der Waals surface area contributed by atoms with Crippen molar-refractivity contribution in [2.24, 2.45) is 5.14 Å². The smallest absolute Gasteiger partial charge is 0.216 e. The van der Waals surface area contributed by atoms with Gasteiger partial charge in [0.15, 0.2) is 0 Å². The Bertz CT molecular complexity index is 481. The molecule has 0 aromatic heterocycles. The zero-order valence-electron chi connectivity index (χ0n) is 11.2. The van der Waals surface area contributed by atoms with E-state index in [1.807, 2.05) is 30.3 Å². The molecule has 19 heavy (non-hydrogen) atoms. The average molecular weight is 282 g/mol. The predicted molar refractivity (Wildman–Crippen MR) is 76.8 cm³/mol. The summed E-state index contributed by atoms with van der Waals surface area (Å²) in [7, 11) is -3.60. The Morgan fingerprint density at radius 2 is 1.74 bits per heavy atom. The molecule has 0 bridgehead atoms. The molecule has 1 aliphatic rings. The van der Waals surface area contributed by atoms with Crippen LogP contribution in [0.5, 0.6) is 0 Å². The van der Waals surface area contributed by atoms with E-state index in [0.29, 0.717) is 13.0 Å². The molecular weight excluding hydrogens is 260 g/mol. The Morgan fingerprint density at radius 3 is 2.32 bits per heavy atom. The molecule has 0 saturated heterocycles. The van der Waals surface area contributed by atoms with Crippen molar-refractivity contribution in [3.05, 3.63) is 35.9 Å². The van der Waals surface area contributed by atoms with Crippen LogP contribution in [0.15, 0.2) is 30.3 Å². The third-order valence-electron chi connectivity index (χ3n) is 3.77. The van der Waals surface area contributed by atoms with Crippen LogP contribution in [0.4, 0.5) is 0 Å². The molecule has 0 radical (unpaired) electrons. The highest BCUT2D eigenvalue weighted by Gasteiger charge is 2.28. The first-order chi connectivity index (χ1) is 9.07. The Balaban J connectivity index is 2.02. The van der Waals surface area contributed by atoms with Gasteiger partial charge in [0.2, 0.25) is 0 Å². The lowest BCUT2D eigenvalue weighted by Gasteiger charge is -2.32. The topological polar surface area (TPSA) is 63.4 Å². The summed E-state index contributed by atoms with van der Waals surface area (Å²) in [5.41, 5.74) is 1.15. The maximum Gasteiger partial charge on any atom is 0.277 e. The molecule has 0 unspecified atom stereocenters. The Labute approximate surface area is 115 Å². The second-order valence-corrected chi connectivity index (χ2v) is 6.68. The van der Waals surface area contributed by atoms with E-state index < -0.39 is 10.2 Å². The second kappa shape index (κ2) is 6.50. The largest absolute Gasteiger partial charge is 0.277 e. The van der Waals surface area contributed by atoms with Gasteiger partial charge in [0.05, 0.1) is 0 Å². The first kappa shape index (κ1) is 14.5. The maximum absolute atomic E-state index is 11.8. The Hall–Kier alpha value is -0.910. The molecule has 2 rings (SSSR count). The van der Waals surface area contributed by atoms with Gasteiger partial charge in [-0.25, -0.2) is 5.14 Å². The quantitative estimate of drug-likeness (QED) is 0.898. The van der Waals surface area contributed by atoms with Gasteiger partial charge in [0.1, 0.15) is 0 Å². The predicted octanol–water partition coefficient (Wildman–Crippen LogP) is 2.07. The molecule has 1 aromatic carbocycles. The monoisotopic (exact) mass is 282 g/mol. The fourth-order valence-corrected chi connectivity index (χ4v) is 3.74. The molecule has 0 aliphatic heterocycles. The highest BCUT2D eigenvalue weighted by atomic mass is 32.2. The molecule has 1 aliphatic carbocycles. The van der Waals surface area contributed by atoms with Crippen molar-refractivity contribution in [1.29, 1.82) is 0 Å². The minimum absolute atomic E-state index is 0.0902. The summed E-state index contributed by atoms with van der Waals surface area (Å²) in [6, 6.07) is 10.0. The molecular formula is C14H22N2O2S. The van der Waals surface area contributed by atoms with Crippen molar-refractivity contribution in [2.75, 3.05) is 6.54 Å². The number of nitrogens with two attached hydrogens (primary N) is 1. The fourth-order valence-electron chi connectivity index (χ4n) is 2.77. The van der Waals surface area contributed by atoms with E-state index in [0.717, 1.165) is 31.2 Å². The lowest BCUT2D eigenvalue weighted by molar-refractivity contribution is 0.255. The van der Waals surface area contributed by atoms with Crippen LogP contribution in [0, 0.1) is 0 Å². The zero-order valence-corrected chi connectivity index (χ0v) is 12.0. The first-order valence-corrected chi connectivity index (χ1v) is 8.41. The molecule has 1 saturated carbocycles. The lowest BCUT2D eigenvalue weighted by atomic mass is 9.95. The van der Waals surface area contributed by atoms with E-state index in [4.69, 9.17) is 5.14 Å². The molecule has 0 atom stereocenters. The summed E-state index contributed by atoms with van der Waals surface area (Å²) >= 11 is 0. The molecule has 2 N–H and O–H groups in total. The third kappa shape index (κ3) is 4.30.